The number of hydrogen-bond donors (Lipinski definition) is 3. The topological polar surface area (TPSA) is 115 Å². The second-order valence-electron chi connectivity index (χ2n) is 3.83. The highest BCUT2D eigenvalue weighted by atomic mass is 19.2. The first-order chi connectivity index (χ1) is 9.65. The van der Waals surface area contributed by atoms with Gasteiger partial charge in [0.1, 0.15) is 13.1 Å². The molecule has 114 valence electrons. The van der Waals surface area contributed by atoms with Gasteiger partial charge in [-0.15, -0.1) is 0 Å². The van der Waals surface area contributed by atoms with Crippen LogP contribution >= 0.6 is 0 Å². The standard InChI is InChI=1S/C11H8F3NO6/c12-5-1-4(8(13)10(20)9(5)14)11(21)15(2-6(16)17)3-7(18)19/h1,20H,2-3H2,(H,16,17)(H,18,19). The minimum absolute atomic E-state index is 0.101. The summed E-state index contributed by atoms with van der Waals surface area (Å²) in [6.07, 6.45) is 0. The van der Waals surface area contributed by atoms with Crippen molar-refractivity contribution in [1.29, 1.82) is 0 Å². The van der Waals surface area contributed by atoms with E-state index in [0.29, 0.717) is 0 Å². The van der Waals surface area contributed by atoms with Gasteiger partial charge in [0.2, 0.25) is 5.82 Å². The first kappa shape index (κ1) is 16.3. The molecule has 0 spiro atoms. The van der Waals surface area contributed by atoms with E-state index in [-0.39, 0.29) is 11.0 Å². The molecule has 0 aliphatic rings. The molecule has 0 bridgehead atoms. The first-order valence-electron chi connectivity index (χ1n) is 5.24. The van der Waals surface area contributed by atoms with Crippen molar-refractivity contribution in [3.8, 4) is 5.75 Å². The Balaban J connectivity index is 3.26. The summed E-state index contributed by atoms with van der Waals surface area (Å²) in [5.74, 6) is -12.0. The highest BCUT2D eigenvalue weighted by Crippen LogP contribution is 2.26. The Morgan fingerprint density at radius 1 is 1.00 bits per heavy atom. The van der Waals surface area contributed by atoms with Crippen molar-refractivity contribution in [2.24, 2.45) is 0 Å². The van der Waals surface area contributed by atoms with Crippen molar-refractivity contribution in [2.75, 3.05) is 13.1 Å². The van der Waals surface area contributed by atoms with Crippen molar-refractivity contribution < 1.29 is 42.9 Å². The second kappa shape index (κ2) is 6.11. The van der Waals surface area contributed by atoms with Crippen molar-refractivity contribution in [2.45, 2.75) is 0 Å². The molecule has 7 nitrogen and oxygen atoms in total. The first-order valence-corrected chi connectivity index (χ1v) is 5.24. The molecule has 3 N–H and O–H groups in total. The average Bonchev–Trinajstić information content (AvgIpc) is 2.38. The molecule has 1 aromatic rings. The predicted molar refractivity (Wildman–Crippen MR) is 59.2 cm³/mol. The number of carbonyl (C=O) groups is 3. The van der Waals surface area contributed by atoms with Crippen LogP contribution in [0.4, 0.5) is 13.2 Å². The minimum Gasteiger partial charge on any atom is -0.503 e. The highest BCUT2D eigenvalue weighted by molar-refractivity contribution is 5.98. The van der Waals surface area contributed by atoms with Crippen LogP contribution in [-0.4, -0.2) is 51.2 Å². The van der Waals surface area contributed by atoms with E-state index in [1.54, 1.807) is 0 Å². The van der Waals surface area contributed by atoms with Gasteiger partial charge in [-0.05, 0) is 6.07 Å². The number of hydrogen-bond acceptors (Lipinski definition) is 4. The molecule has 0 aliphatic carbocycles. The van der Waals surface area contributed by atoms with E-state index in [2.05, 4.69) is 0 Å². The third-order valence-electron chi connectivity index (χ3n) is 2.30. The number of amides is 1. The number of phenolic OH excluding ortho intramolecular Hbond substituents is 1. The fraction of sp³-hybridized carbons (Fsp3) is 0.182. The van der Waals surface area contributed by atoms with E-state index in [1.165, 1.54) is 0 Å². The van der Waals surface area contributed by atoms with Crippen LogP contribution < -0.4 is 0 Å². The number of carboxylic acid groups (broad SMARTS) is 2. The van der Waals surface area contributed by atoms with Crippen LogP contribution in [0.5, 0.6) is 5.75 Å². The van der Waals surface area contributed by atoms with E-state index in [0.717, 1.165) is 0 Å². The molecule has 0 radical (unpaired) electrons. The van der Waals surface area contributed by atoms with Crippen LogP contribution in [0.25, 0.3) is 0 Å². The van der Waals surface area contributed by atoms with E-state index in [4.69, 9.17) is 15.3 Å². The Kier molecular flexibility index (Phi) is 4.74. The molecule has 0 unspecified atom stereocenters. The summed E-state index contributed by atoms with van der Waals surface area (Å²) < 4.78 is 39.5. The molecule has 1 amide bonds. The Hall–Kier alpha value is -2.78. The normalized spacial score (nSPS) is 10.2. The van der Waals surface area contributed by atoms with Gasteiger partial charge in [-0.25, -0.2) is 8.78 Å². The van der Waals surface area contributed by atoms with Gasteiger partial charge in [-0.2, -0.15) is 4.39 Å². The number of nitrogens with zero attached hydrogens (tertiary/aromatic N) is 1. The molecular weight excluding hydrogens is 299 g/mol. The summed E-state index contributed by atoms with van der Waals surface area (Å²) in [5.41, 5.74) is -1.19. The van der Waals surface area contributed by atoms with E-state index in [1.807, 2.05) is 0 Å². The quantitative estimate of drug-likeness (QED) is 0.679. The number of rotatable bonds is 5. The maximum Gasteiger partial charge on any atom is 0.323 e. The lowest BCUT2D eigenvalue weighted by Crippen LogP contribution is -2.39. The zero-order valence-corrected chi connectivity index (χ0v) is 10.1. The van der Waals surface area contributed by atoms with Gasteiger partial charge in [0.25, 0.3) is 5.91 Å². The number of benzene rings is 1. The van der Waals surface area contributed by atoms with Crippen molar-refractivity contribution in [3.63, 3.8) is 0 Å². The van der Waals surface area contributed by atoms with E-state index < -0.39 is 59.7 Å². The molecule has 1 rings (SSSR count). The number of aliphatic carboxylic acids is 2. The summed E-state index contributed by atoms with van der Waals surface area (Å²) in [4.78, 5) is 33.1. The van der Waals surface area contributed by atoms with Gasteiger partial charge >= 0.3 is 11.9 Å². The molecular formula is C11H8F3NO6. The molecule has 21 heavy (non-hydrogen) atoms. The Morgan fingerprint density at radius 3 is 1.90 bits per heavy atom. The largest absolute Gasteiger partial charge is 0.503 e. The number of halogens is 3. The third kappa shape index (κ3) is 3.61. The fourth-order valence-electron chi connectivity index (χ4n) is 1.44. The minimum atomic E-state index is -1.92. The summed E-state index contributed by atoms with van der Waals surface area (Å²) in [5, 5.41) is 26.1. The van der Waals surface area contributed by atoms with Gasteiger partial charge in [-0.1, -0.05) is 0 Å². The molecule has 0 heterocycles. The lowest BCUT2D eigenvalue weighted by Gasteiger charge is -2.19. The molecule has 0 saturated heterocycles. The third-order valence-corrected chi connectivity index (χ3v) is 2.30. The number of carbonyl (C=O) groups excluding carboxylic acids is 1. The molecule has 1 aromatic carbocycles. The zero-order valence-electron chi connectivity index (χ0n) is 10.1. The maximum absolute atomic E-state index is 13.5. The van der Waals surface area contributed by atoms with E-state index in [9.17, 15) is 27.6 Å². The van der Waals surface area contributed by atoms with Crippen molar-refractivity contribution in [1.82, 2.24) is 4.90 Å². The van der Waals surface area contributed by atoms with Gasteiger partial charge in [0, 0.05) is 0 Å². The summed E-state index contributed by atoms with van der Waals surface area (Å²) >= 11 is 0. The van der Waals surface area contributed by atoms with Crippen molar-refractivity contribution >= 4 is 17.8 Å². The number of aromatic hydroxyl groups is 1. The van der Waals surface area contributed by atoms with Crippen LogP contribution in [0.2, 0.25) is 0 Å². The van der Waals surface area contributed by atoms with Crippen LogP contribution in [0.1, 0.15) is 10.4 Å². The second-order valence-corrected chi connectivity index (χ2v) is 3.83. The molecule has 0 saturated carbocycles. The molecule has 10 heteroatoms. The highest BCUT2D eigenvalue weighted by Gasteiger charge is 2.28. The molecule has 0 fully saturated rings. The molecule has 0 aromatic heterocycles. The summed E-state index contributed by atoms with van der Waals surface area (Å²) in [6, 6.07) is 0.101. The van der Waals surface area contributed by atoms with Gasteiger partial charge in [0.05, 0.1) is 5.56 Å². The Labute approximate surface area is 114 Å². The van der Waals surface area contributed by atoms with Crippen LogP contribution in [0.3, 0.4) is 0 Å². The fourth-order valence-corrected chi connectivity index (χ4v) is 1.44. The molecule has 0 atom stereocenters. The zero-order chi connectivity index (χ0) is 16.3. The summed E-state index contributed by atoms with van der Waals surface area (Å²) in [6.45, 7) is -2.21. The Morgan fingerprint density at radius 2 is 1.48 bits per heavy atom. The smallest absolute Gasteiger partial charge is 0.323 e. The Bertz CT molecular complexity index is 602. The molecule has 0 aliphatic heterocycles. The van der Waals surface area contributed by atoms with Crippen LogP contribution in [0.15, 0.2) is 6.07 Å². The van der Waals surface area contributed by atoms with Gasteiger partial charge < -0.3 is 20.2 Å². The van der Waals surface area contributed by atoms with Crippen LogP contribution in [-0.2, 0) is 9.59 Å². The number of phenols is 1. The lowest BCUT2D eigenvalue weighted by molar-refractivity contribution is -0.140. The van der Waals surface area contributed by atoms with Crippen LogP contribution in [0, 0.1) is 17.5 Å². The number of carboxylic acids is 2. The van der Waals surface area contributed by atoms with Gasteiger partial charge in [-0.3, -0.25) is 14.4 Å². The predicted octanol–water partition coefficient (Wildman–Crippen LogP) is 0.421. The SMILES string of the molecule is O=C(O)CN(CC(=O)O)C(=O)c1cc(F)c(F)c(O)c1F. The monoisotopic (exact) mass is 307 g/mol. The average molecular weight is 307 g/mol. The van der Waals surface area contributed by atoms with Crippen molar-refractivity contribution in [3.05, 3.63) is 29.1 Å². The van der Waals surface area contributed by atoms with E-state index >= 15 is 0 Å². The lowest BCUT2D eigenvalue weighted by atomic mass is 10.1. The van der Waals surface area contributed by atoms with Gasteiger partial charge in [0.15, 0.2) is 17.4 Å². The summed E-state index contributed by atoms with van der Waals surface area (Å²) in [7, 11) is 0. The maximum atomic E-state index is 13.5.